The van der Waals surface area contributed by atoms with Gasteiger partial charge in [0.05, 0.1) is 5.56 Å². The van der Waals surface area contributed by atoms with Gasteiger partial charge in [0.25, 0.3) is 5.91 Å². The van der Waals surface area contributed by atoms with E-state index in [0.717, 1.165) is 12.0 Å². The number of hydrogen-bond acceptors (Lipinski definition) is 3. The molecule has 0 heterocycles. The summed E-state index contributed by atoms with van der Waals surface area (Å²) in [5.74, 6) is -0.222. The largest absolute Gasteiger partial charge is 0.507 e. The maximum atomic E-state index is 12.1. The quantitative estimate of drug-likeness (QED) is 0.743. The molecule has 4 nitrogen and oxygen atoms in total. The van der Waals surface area contributed by atoms with Gasteiger partial charge < -0.3 is 16.2 Å². The lowest BCUT2D eigenvalue weighted by Crippen LogP contribution is -2.64. The van der Waals surface area contributed by atoms with Crippen molar-refractivity contribution in [1.82, 2.24) is 5.32 Å². The molecule has 4 N–H and O–H groups in total. The van der Waals surface area contributed by atoms with Crippen LogP contribution in [0, 0.1) is 12.3 Å². The Morgan fingerprint density at radius 2 is 2.17 bits per heavy atom. The molecule has 2 rings (SSSR count). The summed E-state index contributed by atoms with van der Waals surface area (Å²) in [4.78, 5) is 12.1. The van der Waals surface area contributed by atoms with E-state index in [0.29, 0.717) is 5.56 Å². The first-order valence-electron chi connectivity index (χ1n) is 6.18. The molecule has 1 aliphatic carbocycles. The first kappa shape index (κ1) is 12.9. The van der Waals surface area contributed by atoms with Crippen LogP contribution in [0.4, 0.5) is 0 Å². The van der Waals surface area contributed by atoms with Gasteiger partial charge in [0, 0.05) is 17.5 Å². The van der Waals surface area contributed by atoms with Gasteiger partial charge in [-0.25, -0.2) is 0 Å². The lowest BCUT2D eigenvalue weighted by atomic mass is 9.63. The lowest BCUT2D eigenvalue weighted by Gasteiger charge is -2.50. The molecule has 2 atom stereocenters. The minimum atomic E-state index is -0.235. The summed E-state index contributed by atoms with van der Waals surface area (Å²) in [6.07, 6.45) is 0.783. The smallest absolute Gasteiger partial charge is 0.255 e. The molecule has 4 heteroatoms. The second-order valence-corrected chi connectivity index (χ2v) is 5.71. The highest BCUT2D eigenvalue weighted by atomic mass is 16.3. The number of benzene rings is 1. The maximum absolute atomic E-state index is 12.1. The van der Waals surface area contributed by atoms with Gasteiger partial charge in [-0.15, -0.1) is 0 Å². The van der Waals surface area contributed by atoms with Crippen LogP contribution in [0.2, 0.25) is 0 Å². The van der Waals surface area contributed by atoms with Crippen molar-refractivity contribution in [2.45, 2.75) is 39.3 Å². The van der Waals surface area contributed by atoms with Crippen molar-refractivity contribution in [2.24, 2.45) is 11.1 Å². The van der Waals surface area contributed by atoms with Gasteiger partial charge in [-0.2, -0.15) is 0 Å². The summed E-state index contributed by atoms with van der Waals surface area (Å²) in [5.41, 5.74) is 7.10. The number of phenols is 1. The summed E-state index contributed by atoms with van der Waals surface area (Å²) in [6.45, 7) is 5.98. The van der Waals surface area contributed by atoms with Crippen molar-refractivity contribution < 1.29 is 9.90 Å². The molecule has 98 valence electrons. The monoisotopic (exact) mass is 248 g/mol. The first-order valence-corrected chi connectivity index (χ1v) is 6.18. The van der Waals surface area contributed by atoms with Gasteiger partial charge in [-0.1, -0.05) is 25.5 Å². The lowest BCUT2D eigenvalue weighted by molar-refractivity contribution is 0.0585. The molecule has 1 aromatic carbocycles. The molecule has 0 aliphatic heterocycles. The number of nitrogens with one attached hydrogen (secondary N) is 1. The third-order valence-electron chi connectivity index (χ3n) is 4.05. The second kappa shape index (κ2) is 4.28. The zero-order chi connectivity index (χ0) is 13.5. The van der Waals surface area contributed by atoms with Crippen LogP contribution in [-0.4, -0.2) is 23.1 Å². The summed E-state index contributed by atoms with van der Waals surface area (Å²) >= 11 is 0. The second-order valence-electron chi connectivity index (χ2n) is 5.71. The van der Waals surface area contributed by atoms with Crippen LogP contribution >= 0.6 is 0 Å². The zero-order valence-electron chi connectivity index (χ0n) is 11.0. The summed E-state index contributed by atoms with van der Waals surface area (Å²) in [6, 6.07) is 5.20. The number of amides is 1. The molecule has 1 aromatic rings. The minimum Gasteiger partial charge on any atom is -0.507 e. The van der Waals surface area contributed by atoms with E-state index in [1.54, 1.807) is 18.2 Å². The van der Waals surface area contributed by atoms with E-state index in [9.17, 15) is 9.90 Å². The first-order chi connectivity index (χ1) is 8.32. The normalized spacial score (nSPS) is 25.3. The molecule has 0 aromatic heterocycles. The Balaban J connectivity index is 2.12. The van der Waals surface area contributed by atoms with E-state index in [1.165, 1.54) is 0 Å². The molecule has 1 aliphatic rings. The third-order valence-corrected chi connectivity index (χ3v) is 4.05. The Bertz CT molecular complexity index is 483. The number of aryl methyl sites for hydroxylation is 1. The van der Waals surface area contributed by atoms with E-state index >= 15 is 0 Å². The van der Waals surface area contributed by atoms with Crippen molar-refractivity contribution in [1.29, 1.82) is 0 Å². The van der Waals surface area contributed by atoms with Crippen molar-refractivity contribution >= 4 is 5.91 Å². The van der Waals surface area contributed by atoms with E-state index in [-0.39, 0.29) is 29.2 Å². The minimum absolute atomic E-state index is 0.0135. The molecule has 2 unspecified atom stereocenters. The Hall–Kier alpha value is -1.55. The number of carbonyl (C=O) groups is 1. The molecule has 0 bridgehead atoms. The Kier molecular flexibility index (Phi) is 3.07. The van der Waals surface area contributed by atoms with Gasteiger partial charge >= 0.3 is 0 Å². The van der Waals surface area contributed by atoms with Gasteiger partial charge in [0.1, 0.15) is 5.75 Å². The predicted molar refractivity (Wildman–Crippen MR) is 70.5 cm³/mol. The fraction of sp³-hybridized carbons (Fsp3) is 0.500. The van der Waals surface area contributed by atoms with Crippen LogP contribution in [0.1, 0.15) is 36.2 Å². The molecule has 0 radical (unpaired) electrons. The molecule has 1 fully saturated rings. The Morgan fingerprint density at radius 1 is 1.50 bits per heavy atom. The molecule has 1 amide bonds. The fourth-order valence-corrected chi connectivity index (χ4v) is 2.27. The van der Waals surface area contributed by atoms with E-state index in [4.69, 9.17) is 5.73 Å². The van der Waals surface area contributed by atoms with E-state index in [1.807, 2.05) is 20.8 Å². The van der Waals surface area contributed by atoms with Crippen LogP contribution in [0.3, 0.4) is 0 Å². The molecule has 0 spiro atoms. The Labute approximate surface area is 107 Å². The van der Waals surface area contributed by atoms with Gasteiger partial charge in [-0.3, -0.25) is 4.79 Å². The predicted octanol–water partition coefficient (Wildman–Crippen LogP) is 1.56. The SMILES string of the molecule is Cc1ccc(O)c(C(=O)NC2CC(N)C2(C)C)c1. The molecular formula is C14H20N2O2. The highest BCUT2D eigenvalue weighted by Gasteiger charge is 2.46. The third kappa shape index (κ3) is 2.08. The number of carbonyl (C=O) groups excluding carboxylic acids is 1. The van der Waals surface area contributed by atoms with E-state index < -0.39 is 0 Å². The van der Waals surface area contributed by atoms with Crippen molar-refractivity contribution in [3.8, 4) is 5.75 Å². The van der Waals surface area contributed by atoms with Crippen LogP contribution in [0.15, 0.2) is 18.2 Å². The fourth-order valence-electron chi connectivity index (χ4n) is 2.27. The maximum Gasteiger partial charge on any atom is 0.255 e. The number of hydrogen-bond donors (Lipinski definition) is 3. The number of rotatable bonds is 2. The topological polar surface area (TPSA) is 75.3 Å². The average molecular weight is 248 g/mol. The summed E-state index contributed by atoms with van der Waals surface area (Å²) < 4.78 is 0. The van der Waals surface area contributed by atoms with Crippen molar-refractivity contribution in [2.75, 3.05) is 0 Å². The van der Waals surface area contributed by atoms with Crippen LogP contribution < -0.4 is 11.1 Å². The number of phenolic OH excluding ortho intramolecular Hbond substituents is 1. The van der Waals surface area contributed by atoms with E-state index in [2.05, 4.69) is 5.32 Å². The van der Waals surface area contributed by atoms with Gasteiger partial charge in [-0.05, 0) is 25.5 Å². The molecular weight excluding hydrogens is 228 g/mol. The van der Waals surface area contributed by atoms with Crippen LogP contribution in [0.5, 0.6) is 5.75 Å². The number of nitrogens with two attached hydrogens (primary N) is 1. The summed E-state index contributed by atoms with van der Waals surface area (Å²) in [5, 5.41) is 12.6. The summed E-state index contributed by atoms with van der Waals surface area (Å²) in [7, 11) is 0. The highest BCUT2D eigenvalue weighted by molar-refractivity contribution is 5.97. The molecule has 0 saturated heterocycles. The van der Waals surface area contributed by atoms with Crippen LogP contribution in [0.25, 0.3) is 0 Å². The average Bonchev–Trinajstić information content (AvgIpc) is 2.31. The molecule has 18 heavy (non-hydrogen) atoms. The number of aromatic hydroxyl groups is 1. The van der Waals surface area contributed by atoms with Crippen molar-refractivity contribution in [3.05, 3.63) is 29.3 Å². The zero-order valence-corrected chi connectivity index (χ0v) is 11.0. The van der Waals surface area contributed by atoms with Crippen molar-refractivity contribution in [3.63, 3.8) is 0 Å². The van der Waals surface area contributed by atoms with Gasteiger partial charge in [0.15, 0.2) is 0 Å². The Morgan fingerprint density at radius 3 is 2.72 bits per heavy atom. The van der Waals surface area contributed by atoms with Gasteiger partial charge in [0.2, 0.25) is 0 Å². The molecule has 1 saturated carbocycles. The standard InChI is InChI=1S/C14H20N2O2/c1-8-4-5-10(17)9(6-8)13(18)16-12-7-11(15)14(12,2)3/h4-6,11-12,17H,7,15H2,1-3H3,(H,16,18). The van der Waals surface area contributed by atoms with Crippen LogP contribution in [-0.2, 0) is 0 Å². The highest BCUT2D eigenvalue weighted by Crippen LogP contribution is 2.39.